The van der Waals surface area contributed by atoms with Gasteiger partial charge >= 0.3 is 0 Å². The van der Waals surface area contributed by atoms with Crippen LogP contribution in [0.2, 0.25) is 0 Å². The summed E-state index contributed by atoms with van der Waals surface area (Å²) in [7, 11) is 0. The highest BCUT2D eigenvalue weighted by atomic mass is 16.1. The molecule has 3 heterocycles. The standard InChI is InChI=1S/C15H17N5O/c16-13-5-4-12(10-17-13)19-15(21)11-3-6-14(18-9-11)20-7-1-2-8-20/h3-6,9-10H,1-2,7-8H2,(H2,16,17)(H,19,21). The maximum Gasteiger partial charge on any atom is 0.257 e. The van der Waals surface area contributed by atoms with Gasteiger partial charge in [0.05, 0.1) is 17.4 Å². The summed E-state index contributed by atoms with van der Waals surface area (Å²) < 4.78 is 0. The first-order valence-corrected chi connectivity index (χ1v) is 6.96. The molecule has 1 aliphatic heterocycles. The van der Waals surface area contributed by atoms with Gasteiger partial charge in [-0.2, -0.15) is 0 Å². The van der Waals surface area contributed by atoms with Crippen LogP contribution in [-0.4, -0.2) is 29.0 Å². The Morgan fingerprint density at radius 3 is 2.52 bits per heavy atom. The Hall–Kier alpha value is -2.63. The molecule has 0 aliphatic carbocycles. The molecule has 3 rings (SSSR count). The molecule has 0 spiro atoms. The van der Waals surface area contributed by atoms with Crippen molar-refractivity contribution < 1.29 is 4.79 Å². The Balaban J connectivity index is 1.68. The molecule has 0 aromatic carbocycles. The Bertz CT molecular complexity index is 618. The predicted octanol–water partition coefficient (Wildman–Crippen LogP) is 1.91. The molecule has 0 atom stereocenters. The molecule has 0 radical (unpaired) electrons. The molecule has 6 nitrogen and oxygen atoms in total. The van der Waals surface area contributed by atoms with Gasteiger partial charge in [-0.25, -0.2) is 9.97 Å². The van der Waals surface area contributed by atoms with Gasteiger partial charge in [0, 0.05) is 19.3 Å². The maximum atomic E-state index is 12.1. The van der Waals surface area contributed by atoms with Crippen LogP contribution in [0.5, 0.6) is 0 Å². The number of aromatic nitrogens is 2. The molecule has 3 N–H and O–H groups in total. The molecule has 0 saturated carbocycles. The number of carbonyl (C=O) groups excluding carboxylic acids is 1. The van der Waals surface area contributed by atoms with Crippen LogP contribution in [0.3, 0.4) is 0 Å². The Kier molecular flexibility index (Phi) is 3.68. The SMILES string of the molecule is Nc1ccc(NC(=O)c2ccc(N3CCCC3)nc2)cn1. The molecule has 0 bridgehead atoms. The van der Waals surface area contributed by atoms with E-state index in [-0.39, 0.29) is 5.91 Å². The smallest absolute Gasteiger partial charge is 0.257 e. The van der Waals surface area contributed by atoms with Crippen molar-refractivity contribution in [2.24, 2.45) is 0 Å². The number of nitrogens with zero attached hydrogens (tertiary/aromatic N) is 3. The van der Waals surface area contributed by atoms with Crippen LogP contribution in [-0.2, 0) is 0 Å². The lowest BCUT2D eigenvalue weighted by Gasteiger charge is -2.16. The van der Waals surface area contributed by atoms with E-state index < -0.39 is 0 Å². The fraction of sp³-hybridized carbons (Fsp3) is 0.267. The number of amides is 1. The summed E-state index contributed by atoms with van der Waals surface area (Å²) in [6.07, 6.45) is 5.54. The van der Waals surface area contributed by atoms with Gasteiger partial charge in [-0.3, -0.25) is 4.79 Å². The topological polar surface area (TPSA) is 84.1 Å². The second kappa shape index (κ2) is 5.78. The van der Waals surface area contributed by atoms with Gasteiger partial charge in [0.25, 0.3) is 5.91 Å². The largest absolute Gasteiger partial charge is 0.384 e. The lowest BCUT2D eigenvalue weighted by atomic mass is 10.2. The molecule has 2 aromatic rings. The van der Waals surface area contributed by atoms with E-state index in [0.717, 1.165) is 18.9 Å². The van der Waals surface area contributed by atoms with Gasteiger partial charge in [0.2, 0.25) is 0 Å². The van der Waals surface area contributed by atoms with Crippen molar-refractivity contribution in [3.8, 4) is 0 Å². The second-order valence-corrected chi connectivity index (χ2v) is 5.03. The van der Waals surface area contributed by atoms with Crippen LogP contribution in [0.1, 0.15) is 23.2 Å². The van der Waals surface area contributed by atoms with E-state index in [9.17, 15) is 4.79 Å². The molecule has 1 amide bonds. The van der Waals surface area contributed by atoms with Crippen LogP contribution in [0.25, 0.3) is 0 Å². The van der Waals surface area contributed by atoms with Crippen molar-refractivity contribution in [2.75, 3.05) is 29.0 Å². The number of nitrogen functional groups attached to an aromatic ring is 1. The minimum absolute atomic E-state index is 0.206. The molecule has 6 heteroatoms. The first kappa shape index (κ1) is 13.4. The van der Waals surface area contributed by atoms with Crippen LogP contribution in [0.4, 0.5) is 17.3 Å². The average molecular weight is 283 g/mol. The lowest BCUT2D eigenvalue weighted by Crippen LogP contribution is -2.19. The minimum atomic E-state index is -0.206. The predicted molar refractivity (Wildman–Crippen MR) is 82.3 cm³/mol. The number of rotatable bonds is 3. The maximum absolute atomic E-state index is 12.1. The fourth-order valence-corrected chi connectivity index (χ4v) is 2.34. The molecule has 2 aromatic heterocycles. The molecule has 1 saturated heterocycles. The number of hydrogen-bond donors (Lipinski definition) is 2. The Labute approximate surface area is 123 Å². The van der Waals surface area contributed by atoms with E-state index >= 15 is 0 Å². The monoisotopic (exact) mass is 283 g/mol. The number of nitrogens with two attached hydrogens (primary N) is 1. The van der Waals surface area contributed by atoms with Gasteiger partial charge in [-0.15, -0.1) is 0 Å². The zero-order valence-corrected chi connectivity index (χ0v) is 11.6. The summed E-state index contributed by atoms with van der Waals surface area (Å²) in [5.74, 6) is 1.14. The number of pyridine rings is 2. The van der Waals surface area contributed by atoms with Crippen LogP contribution < -0.4 is 16.0 Å². The number of hydrogen-bond acceptors (Lipinski definition) is 5. The third-order valence-electron chi connectivity index (χ3n) is 3.48. The summed E-state index contributed by atoms with van der Waals surface area (Å²) in [5.41, 5.74) is 6.64. The van der Waals surface area contributed by atoms with Crippen LogP contribution in [0.15, 0.2) is 36.7 Å². The second-order valence-electron chi connectivity index (χ2n) is 5.03. The summed E-state index contributed by atoms with van der Waals surface area (Å²) >= 11 is 0. The highest BCUT2D eigenvalue weighted by Gasteiger charge is 2.14. The van der Waals surface area contributed by atoms with Gasteiger partial charge in [0.15, 0.2) is 0 Å². The summed E-state index contributed by atoms with van der Waals surface area (Å²) in [6, 6.07) is 7.04. The highest BCUT2D eigenvalue weighted by Crippen LogP contribution is 2.18. The van der Waals surface area contributed by atoms with Crippen molar-refractivity contribution in [1.29, 1.82) is 0 Å². The first-order valence-electron chi connectivity index (χ1n) is 6.96. The molecular weight excluding hydrogens is 266 g/mol. The van der Waals surface area contributed by atoms with Crippen molar-refractivity contribution in [2.45, 2.75) is 12.8 Å². The van der Waals surface area contributed by atoms with E-state index in [2.05, 4.69) is 20.2 Å². The Morgan fingerprint density at radius 1 is 1.10 bits per heavy atom. The third kappa shape index (κ3) is 3.10. The van der Waals surface area contributed by atoms with E-state index in [1.54, 1.807) is 24.4 Å². The van der Waals surface area contributed by atoms with E-state index in [4.69, 9.17) is 5.73 Å². The molecule has 21 heavy (non-hydrogen) atoms. The molecule has 108 valence electrons. The van der Waals surface area contributed by atoms with Crippen molar-refractivity contribution in [1.82, 2.24) is 9.97 Å². The average Bonchev–Trinajstić information content (AvgIpc) is 3.04. The first-order chi connectivity index (χ1) is 10.2. The van der Waals surface area contributed by atoms with E-state index in [0.29, 0.717) is 17.1 Å². The van der Waals surface area contributed by atoms with Crippen LogP contribution in [0, 0.1) is 0 Å². The highest BCUT2D eigenvalue weighted by molar-refractivity contribution is 6.04. The summed E-state index contributed by atoms with van der Waals surface area (Å²) in [5, 5.41) is 2.76. The van der Waals surface area contributed by atoms with Crippen molar-refractivity contribution >= 4 is 23.2 Å². The molecular formula is C15H17N5O. The lowest BCUT2D eigenvalue weighted by molar-refractivity contribution is 0.102. The molecule has 1 fully saturated rings. The van der Waals surface area contributed by atoms with Crippen LogP contribution >= 0.6 is 0 Å². The van der Waals surface area contributed by atoms with E-state index in [1.165, 1.54) is 19.0 Å². The molecule has 1 aliphatic rings. The van der Waals surface area contributed by atoms with Gasteiger partial charge in [-0.1, -0.05) is 0 Å². The minimum Gasteiger partial charge on any atom is -0.384 e. The van der Waals surface area contributed by atoms with Gasteiger partial charge in [0.1, 0.15) is 11.6 Å². The number of carbonyl (C=O) groups is 1. The number of anilines is 3. The normalized spacial score (nSPS) is 14.2. The van der Waals surface area contributed by atoms with Gasteiger partial charge in [-0.05, 0) is 37.1 Å². The van der Waals surface area contributed by atoms with Gasteiger partial charge < -0.3 is 16.0 Å². The fourth-order valence-electron chi connectivity index (χ4n) is 2.34. The zero-order chi connectivity index (χ0) is 14.7. The number of nitrogens with one attached hydrogen (secondary N) is 1. The van der Waals surface area contributed by atoms with Crippen molar-refractivity contribution in [3.05, 3.63) is 42.2 Å². The van der Waals surface area contributed by atoms with Crippen molar-refractivity contribution in [3.63, 3.8) is 0 Å². The van der Waals surface area contributed by atoms with E-state index in [1.807, 2.05) is 6.07 Å². The quantitative estimate of drug-likeness (QED) is 0.899. The zero-order valence-electron chi connectivity index (χ0n) is 11.6. The molecule has 0 unspecified atom stereocenters. The Morgan fingerprint density at radius 2 is 1.90 bits per heavy atom. The third-order valence-corrected chi connectivity index (χ3v) is 3.48. The summed E-state index contributed by atoms with van der Waals surface area (Å²) in [6.45, 7) is 2.07. The summed E-state index contributed by atoms with van der Waals surface area (Å²) in [4.78, 5) is 22.6.